The van der Waals surface area contributed by atoms with Gasteiger partial charge in [0.1, 0.15) is 18.1 Å². The molecule has 2 aromatic carbocycles. The van der Waals surface area contributed by atoms with Crippen LogP contribution in [0.1, 0.15) is 21.7 Å². The number of carbonyl (C=O) groups excluding carboxylic acids is 3. The molecule has 0 aliphatic carbocycles. The predicted molar refractivity (Wildman–Crippen MR) is 122 cm³/mol. The number of benzene rings is 2. The van der Waals surface area contributed by atoms with E-state index in [1.807, 2.05) is 0 Å². The van der Waals surface area contributed by atoms with Gasteiger partial charge in [-0.25, -0.2) is 4.39 Å². The van der Waals surface area contributed by atoms with E-state index in [4.69, 9.17) is 4.74 Å². The standard InChI is InChI=1S/C23H20FN5O6/c1-13-9-18(14(2)28(13)16-5-3-15(24)4-6-16)23(32)26-25-21(30)11-27-19-10-17(29(33)34)7-8-20(19)35-12-22(27)31/h3-10H,11-12H2,1-2H3,(H,25,30)(H,26,32). The van der Waals surface area contributed by atoms with E-state index in [1.54, 1.807) is 36.6 Å². The number of ether oxygens (including phenoxy) is 1. The quantitative estimate of drug-likeness (QED) is 0.424. The molecule has 0 saturated carbocycles. The van der Waals surface area contributed by atoms with E-state index in [0.29, 0.717) is 11.4 Å². The van der Waals surface area contributed by atoms with Crippen LogP contribution in [0.25, 0.3) is 5.69 Å². The van der Waals surface area contributed by atoms with E-state index in [-0.39, 0.29) is 35.1 Å². The van der Waals surface area contributed by atoms with Gasteiger partial charge in [0, 0.05) is 29.2 Å². The van der Waals surface area contributed by atoms with Crippen LogP contribution in [0.5, 0.6) is 5.75 Å². The summed E-state index contributed by atoms with van der Waals surface area (Å²) in [5, 5.41) is 11.1. The first-order valence-corrected chi connectivity index (χ1v) is 10.4. The Balaban J connectivity index is 1.45. The Morgan fingerprint density at radius 1 is 1.11 bits per heavy atom. The average molecular weight is 481 g/mol. The zero-order valence-corrected chi connectivity index (χ0v) is 18.7. The number of halogens is 1. The molecule has 0 spiro atoms. The van der Waals surface area contributed by atoms with E-state index in [2.05, 4.69) is 10.9 Å². The van der Waals surface area contributed by atoms with Gasteiger partial charge in [-0.2, -0.15) is 0 Å². The van der Waals surface area contributed by atoms with Crippen LogP contribution in [0.2, 0.25) is 0 Å². The topological polar surface area (TPSA) is 136 Å². The molecular weight excluding hydrogens is 461 g/mol. The van der Waals surface area contributed by atoms with Crippen molar-refractivity contribution in [2.75, 3.05) is 18.1 Å². The summed E-state index contributed by atoms with van der Waals surface area (Å²) in [7, 11) is 0. The zero-order chi connectivity index (χ0) is 25.3. The Morgan fingerprint density at radius 2 is 1.83 bits per heavy atom. The Morgan fingerprint density at radius 3 is 2.51 bits per heavy atom. The highest BCUT2D eigenvalue weighted by molar-refractivity contribution is 6.03. The smallest absolute Gasteiger partial charge is 0.271 e. The molecule has 12 heteroatoms. The molecule has 3 amide bonds. The van der Waals surface area contributed by atoms with Crippen molar-refractivity contribution in [1.82, 2.24) is 15.4 Å². The van der Waals surface area contributed by atoms with E-state index < -0.39 is 29.2 Å². The van der Waals surface area contributed by atoms with Gasteiger partial charge in [0.2, 0.25) is 0 Å². The molecule has 35 heavy (non-hydrogen) atoms. The highest BCUT2D eigenvalue weighted by atomic mass is 19.1. The third kappa shape index (κ3) is 4.67. The molecule has 0 saturated heterocycles. The summed E-state index contributed by atoms with van der Waals surface area (Å²) in [4.78, 5) is 49.0. The summed E-state index contributed by atoms with van der Waals surface area (Å²) < 4.78 is 20.3. The van der Waals surface area contributed by atoms with Crippen LogP contribution in [0, 0.1) is 29.8 Å². The summed E-state index contributed by atoms with van der Waals surface area (Å²) >= 11 is 0. The first-order valence-electron chi connectivity index (χ1n) is 10.4. The molecule has 2 heterocycles. The number of rotatable bonds is 5. The van der Waals surface area contributed by atoms with Gasteiger partial charge in [0.05, 0.1) is 16.2 Å². The summed E-state index contributed by atoms with van der Waals surface area (Å²) in [5.74, 6) is -2.04. The van der Waals surface area contributed by atoms with E-state index in [0.717, 1.165) is 16.7 Å². The van der Waals surface area contributed by atoms with Crippen LogP contribution in [-0.2, 0) is 9.59 Å². The van der Waals surface area contributed by atoms with Gasteiger partial charge in [0.25, 0.3) is 23.4 Å². The van der Waals surface area contributed by atoms with Gasteiger partial charge in [-0.05, 0) is 50.2 Å². The number of nitro benzene ring substituents is 1. The van der Waals surface area contributed by atoms with E-state index >= 15 is 0 Å². The second-order valence-electron chi connectivity index (χ2n) is 7.78. The number of nitrogens with zero attached hydrogens (tertiary/aromatic N) is 3. The zero-order valence-electron chi connectivity index (χ0n) is 18.7. The van der Waals surface area contributed by atoms with Crippen LogP contribution in [0.4, 0.5) is 15.8 Å². The largest absolute Gasteiger partial charge is 0.482 e. The molecule has 0 unspecified atom stereocenters. The first-order chi connectivity index (χ1) is 16.7. The van der Waals surface area contributed by atoms with Gasteiger partial charge in [0.15, 0.2) is 6.61 Å². The summed E-state index contributed by atoms with van der Waals surface area (Å²) in [5.41, 5.74) is 6.64. The molecule has 2 N–H and O–H groups in total. The van der Waals surface area contributed by atoms with Gasteiger partial charge in [-0.1, -0.05) is 0 Å². The molecule has 4 rings (SSSR count). The number of nitrogens with one attached hydrogen (secondary N) is 2. The number of hydrogen-bond acceptors (Lipinski definition) is 6. The summed E-state index contributed by atoms with van der Waals surface area (Å²) in [6.07, 6.45) is 0. The first kappa shape index (κ1) is 23.4. The Labute approximate surface area is 198 Å². The number of aryl methyl sites for hydroxylation is 1. The molecule has 3 aromatic rings. The van der Waals surface area contributed by atoms with Crippen molar-refractivity contribution in [3.05, 3.63) is 81.4 Å². The number of hydrogen-bond donors (Lipinski definition) is 2. The SMILES string of the molecule is Cc1cc(C(=O)NNC(=O)CN2C(=O)COc3ccc([N+](=O)[O-])cc32)c(C)n1-c1ccc(F)cc1. The molecule has 0 fully saturated rings. The van der Waals surface area contributed by atoms with Crippen molar-refractivity contribution in [2.24, 2.45) is 0 Å². The number of carbonyl (C=O) groups is 3. The number of nitro groups is 1. The predicted octanol–water partition coefficient (Wildman–Crippen LogP) is 2.33. The maximum Gasteiger partial charge on any atom is 0.271 e. The molecule has 0 bridgehead atoms. The summed E-state index contributed by atoms with van der Waals surface area (Å²) in [6, 6.07) is 11.1. The fourth-order valence-corrected chi connectivity index (χ4v) is 3.83. The number of amides is 3. The highest BCUT2D eigenvalue weighted by Gasteiger charge is 2.29. The Hall–Kier alpha value is -4.74. The highest BCUT2D eigenvalue weighted by Crippen LogP contribution is 2.35. The average Bonchev–Trinajstić information content (AvgIpc) is 3.13. The lowest BCUT2D eigenvalue weighted by Gasteiger charge is -2.28. The third-order valence-corrected chi connectivity index (χ3v) is 5.47. The minimum absolute atomic E-state index is 0.0831. The number of aromatic nitrogens is 1. The maximum absolute atomic E-state index is 13.3. The second kappa shape index (κ2) is 9.25. The lowest BCUT2D eigenvalue weighted by molar-refractivity contribution is -0.384. The van der Waals surface area contributed by atoms with Crippen LogP contribution in [0.3, 0.4) is 0 Å². The van der Waals surface area contributed by atoms with Crippen molar-refractivity contribution in [1.29, 1.82) is 0 Å². The van der Waals surface area contributed by atoms with Crippen molar-refractivity contribution in [2.45, 2.75) is 13.8 Å². The van der Waals surface area contributed by atoms with Crippen molar-refractivity contribution < 1.29 is 28.4 Å². The van der Waals surface area contributed by atoms with E-state index in [9.17, 15) is 28.9 Å². The molecule has 1 aliphatic rings. The van der Waals surface area contributed by atoms with Crippen LogP contribution in [-0.4, -0.2) is 40.4 Å². The van der Waals surface area contributed by atoms with Crippen LogP contribution >= 0.6 is 0 Å². The maximum atomic E-state index is 13.3. The fraction of sp³-hybridized carbons (Fsp3) is 0.174. The molecule has 1 aliphatic heterocycles. The number of fused-ring (bicyclic) bond motifs is 1. The monoisotopic (exact) mass is 481 g/mol. The molecule has 0 atom stereocenters. The van der Waals surface area contributed by atoms with Gasteiger partial charge in [-0.15, -0.1) is 0 Å². The van der Waals surface area contributed by atoms with Gasteiger partial charge in [-0.3, -0.25) is 40.2 Å². The number of hydrazine groups is 1. The molecule has 1 aromatic heterocycles. The lowest BCUT2D eigenvalue weighted by atomic mass is 10.2. The third-order valence-electron chi connectivity index (χ3n) is 5.47. The lowest BCUT2D eigenvalue weighted by Crippen LogP contribution is -2.49. The van der Waals surface area contributed by atoms with Crippen LogP contribution in [0.15, 0.2) is 48.5 Å². The van der Waals surface area contributed by atoms with Crippen molar-refractivity contribution >= 4 is 29.1 Å². The molecule has 180 valence electrons. The Bertz CT molecular complexity index is 1350. The minimum Gasteiger partial charge on any atom is -0.482 e. The van der Waals surface area contributed by atoms with Crippen molar-refractivity contribution in [3.63, 3.8) is 0 Å². The Kier molecular flexibility index (Phi) is 6.19. The second-order valence-corrected chi connectivity index (χ2v) is 7.78. The summed E-state index contributed by atoms with van der Waals surface area (Å²) in [6.45, 7) is 2.67. The van der Waals surface area contributed by atoms with Gasteiger partial charge >= 0.3 is 0 Å². The normalized spacial score (nSPS) is 12.5. The molecular formula is C23H20FN5O6. The van der Waals surface area contributed by atoms with Gasteiger partial charge < -0.3 is 9.30 Å². The number of non-ortho nitro benzene ring substituents is 1. The van der Waals surface area contributed by atoms with Crippen LogP contribution < -0.4 is 20.5 Å². The molecule has 0 radical (unpaired) electrons. The van der Waals surface area contributed by atoms with Crippen molar-refractivity contribution in [3.8, 4) is 11.4 Å². The van der Waals surface area contributed by atoms with E-state index in [1.165, 1.54) is 24.3 Å². The minimum atomic E-state index is -0.724. The molecule has 11 nitrogen and oxygen atoms in total. The fourth-order valence-electron chi connectivity index (χ4n) is 3.83. The number of anilines is 1.